The first-order chi connectivity index (χ1) is 12.7. The second-order valence-electron chi connectivity index (χ2n) is 9.05. The Morgan fingerprint density at radius 3 is 2.59 bits per heavy atom. The van der Waals surface area contributed by atoms with Crippen LogP contribution < -0.4 is 0 Å². The van der Waals surface area contributed by atoms with Gasteiger partial charge in [-0.05, 0) is 57.5 Å². The van der Waals surface area contributed by atoms with Crippen molar-refractivity contribution < 1.29 is 9.18 Å². The lowest BCUT2D eigenvalue weighted by atomic mass is 9.89. The molecule has 0 spiro atoms. The lowest BCUT2D eigenvalue weighted by molar-refractivity contribution is 0.0767. The molecule has 1 aromatic carbocycles. The molecule has 2 aromatic rings. The van der Waals surface area contributed by atoms with Gasteiger partial charge >= 0.3 is 0 Å². The fourth-order valence-corrected chi connectivity index (χ4v) is 4.74. The van der Waals surface area contributed by atoms with E-state index in [0.717, 1.165) is 30.8 Å². The number of amides is 1. The number of aromatic nitrogens is 1. The maximum Gasteiger partial charge on any atom is 0.255 e. The van der Waals surface area contributed by atoms with Crippen LogP contribution in [0.5, 0.6) is 0 Å². The molecule has 0 saturated carbocycles. The van der Waals surface area contributed by atoms with Crippen molar-refractivity contribution in [2.75, 3.05) is 26.7 Å². The van der Waals surface area contributed by atoms with E-state index in [1.165, 1.54) is 6.07 Å². The zero-order chi connectivity index (χ0) is 19.3. The van der Waals surface area contributed by atoms with Gasteiger partial charge in [-0.15, -0.1) is 0 Å². The Hall–Kier alpha value is -2.14. The summed E-state index contributed by atoms with van der Waals surface area (Å²) < 4.78 is 15.8. The van der Waals surface area contributed by atoms with Gasteiger partial charge in [0.05, 0.1) is 5.56 Å². The number of fused-ring (bicyclic) bond motifs is 1. The number of likely N-dealkylation sites (tertiary alicyclic amines) is 2. The number of hydrogen-bond acceptors (Lipinski definition) is 2. The first-order valence-corrected chi connectivity index (χ1v) is 9.67. The molecule has 0 N–H and O–H groups in total. The molecule has 2 aliphatic rings. The minimum Gasteiger partial charge on any atom is -0.348 e. The number of carbonyl (C=O) groups excluding carboxylic acids is 1. The van der Waals surface area contributed by atoms with Crippen molar-refractivity contribution in [3.8, 4) is 0 Å². The van der Waals surface area contributed by atoms with Gasteiger partial charge in [-0.25, -0.2) is 4.39 Å². The van der Waals surface area contributed by atoms with E-state index in [-0.39, 0.29) is 23.3 Å². The molecule has 2 aliphatic heterocycles. The number of carbonyl (C=O) groups is 1. The van der Waals surface area contributed by atoms with Crippen molar-refractivity contribution in [3.05, 3.63) is 59.7 Å². The van der Waals surface area contributed by atoms with Crippen LogP contribution in [0.1, 0.15) is 42.7 Å². The van der Waals surface area contributed by atoms with Gasteiger partial charge in [-0.1, -0.05) is 12.1 Å². The number of halogens is 1. The molecule has 1 aromatic heterocycles. The van der Waals surface area contributed by atoms with Gasteiger partial charge in [0.15, 0.2) is 0 Å². The van der Waals surface area contributed by atoms with E-state index in [0.29, 0.717) is 11.8 Å². The second kappa shape index (κ2) is 6.48. The molecular weight excluding hydrogens is 341 g/mol. The number of benzene rings is 1. The summed E-state index contributed by atoms with van der Waals surface area (Å²) in [6.07, 6.45) is 3.93. The molecule has 0 unspecified atom stereocenters. The molecule has 4 nitrogen and oxygen atoms in total. The highest BCUT2D eigenvalue weighted by atomic mass is 19.1. The molecule has 3 heterocycles. The van der Waals surface area contributed by atoms with Crippen LogP contribution in [-0.4, -0.2) is 47.0 Å². The standard InChI is InChI=1S/C22H28FN3O/c1-22(2,3)26-9-8-16(13-26)21(27)25-12-17-11-24(4)20(19(17)14-25)15-6-5-7-18(23)10-15/h5-10,13,17,19-20H,11-12,14H2,1-4H3/t17-,19+,20-/m0/s1. The van der Waals surface area contributed by atoms with Crippen LogP contribution in [-0.2, 0) is 5.54 Å². The fraction of sp³-hybridized carbons (Fsp3) is 0.500. The summed E-state index contributed by atoms with van der Waals surface area (Å²) in [5, 5.41) is 0. The number of nitrogens with zero attached hydrogens (tertiary/aromatic N) is 3. The largest absolute Gasteiger partial charge is 0.348 e. The van der Waals surface area contributed by atoms with Gasteiger partial charge < -0.3 is 9.47 Å². The third-order valence-corrected chi connectivity index (χ3v) is 6.09. The van der Waals surface area contributed by atoms with Gasteiger partial charge in [0.2, 0.25) is 0 Å². The summed E-state index contributed by atoms with van der Waals surface area (Å²) in [6, 6.07) is 8.98. The Labute approximate surface area is 160 Å². The summed E-state index contributed by atoms with van der Waals surface area (Å²) >= 11 is 0. The van der Waals surface area contributed by atoms with E-state index in [9.17, 15) is 9.18 Å². The van der Waals surface area contributed by atoms with Crippen LogP contribution in [0.3, 0.4) is 0 Å². The first kappa shape index (κ1) is 18.2. The van der Waals surface area contributed by atoms with Crippen LogP contribution >= 0.6 is 0 Å². The Bertz CT molecular complexity index is 853. The van der Waals surface area contributed by atoms with Crippen LogP contribution in [0.15, 0.2) is 42.7 Å². The van der Waals surface area contributed by atoms with Crippen molar-refractivity contribution in [2.24, 2.45) is 11.8 Å². The normalized spacial score (nSPS) is 25.8. The maximum atomic E-state index is 13.7. The summed E-state index contributed by atoms with van der Waals surface area (Å²) in [5.74, 6) is 0.703. The summed E-state index contributed by atoms with van der Waals surface area (Å²) in [4.78, 5) is 17.3. The SMILES string of the molecule is CN1C[C@H]2CN(C(=O)c3ccn(C(C)(C)C)c3)C[C@H]2[C@@H]1c1cccc(F)c1. The Morgan fingerprint density at radius 2 is 1.93 bits per heavy atom. The smallest absolute Gasteiger partial charge is 0.255 e. The van der Waals surface area contributed by atoms with E-state index in [4.69, 9.17) is 0 Å². The molecule has 1 amide bonds. The van der Waals surface area contributed by atoms with E-state index >= 15 is 0 Å². The minimum absolute atomic E-state index is 0.0365. The molecular formula is C22H28FN3O. The third kappa shape index (κ3) is 3.29. The molecule has 2 saturated heterocycles. The Balaban J connectivity index is 1.53. The number of rotatable bonds is 2. The third-order valence-electron chi connectivity index (χ3n) is 6.09. The predicted octanol–water partition coefficient (Wildman–Crippen LogP) is 3.76. The van der Waals surface area contributed by atoms with E-state index in [2.05, 4.69) is 37.3 Å². The van der Waals surface area contributed by atoms with E-state index in [1.807, 2.05) is 29.4 Å². The molecule has 3 atom stereocenters. The van der Waals surface area contributed by atoms with Crippen LogP contribution in [0.4, 0.5) is 4.39 Å². The highest BCUT2D eigenvalue weighted by molar-refractivity contribution is 5.94. The van der Waals surface area contributed by atoms with Gasteiger partial charge in [0.1, 0.15) is 5.82 Å². The van der Waals surface area contributed by atoms with Gasteiger partial charge in [0, 0.05) is 49.5 Å². The van der Waals surface area contributed by atoms with Gasteiger partial charge in [0.25, 0.3) is 5.91 Å². The van der Waals surface area contributed by atoms with E-state index < -0.39 is 0 Å². The zero-order valence-electron chi connectivity index (χ0n) is 16.5. The molecule has 0 bridgehead atoms. The monoisotopic (exact) mass is 369 g/mol. The van der Waals surface area contributed by atoms with Crippen molar-refractivity contribution in [1.82, 2.24) is 14.4 Å². The van der Waals surface area contributed by atoms with Crippen LogP contribution in [0.25, 0.3) is 0 Å². The number of hydrogen-bond donors (Lipinski definition) is 0. The quantitative estimate of drug-likeness (QED) is 0.806. The fourth-order valence-electron chi connectivity index (χ4n) is 4.74. The predicted molar refractivity (Wildman–Crippen MR) is 104 cm³/mol. The lowest BCUT2D eigenvalue weighted by Gasteiger charge is -2.27. The second-order valence-corrected chi connectivity index (χ2v) is 9.05. The van der Waals surface area contributed by atoms with E-state index in [1.54, 1.807) is 12.1 Å². The molecule has 0 radical (unpaired) electrons. The average Bonchev–Trinajstić information content (AvgIpc) is 3.27. The van der Waals surface area contributed by atoms with Crippen LogP contribution in [0.2, 0.25) is 0 Å². The highest BCUT2D eigenvalue weighted by Crippen LogP contribution is 2.44. The Kier molecular flexibility index (Phi) is 4.38. The minimum atomic E-state index is -0.196. The van der Waals surface area contributed by atoms with Gasteiger partial charge in [-0.2, -0.15) is 0 Å². The van der Waals surface area contributed by atoms with Gasteiger partial charge in [-0.3, -0.25) is 9.69 Å². The molecule has 4 rings (SSSR count). The molecule has 2 fully saturated rings. The Morgan fingerprint density at radius 1 is 1.15 bits per heavy atom. The molecule has 5 heteroatoms. The first-order valence-electron chi connectivity index (χ1n) is 9.67. The lowest BCUT2D eigenvalue weighted by Crippen LogP contribution is -2.33. The topological polar surface area (TPSA) is 28.5 Å². The van der Waals surface area contributed by atoms with Crippen molar-refractivity contribution in [2.45, 2.75) is 32.4 Å². The zero-order valence-corrected chi connectivity index (χ0v) is 16.5. The summed E-state index contributed by atoms with van der Waals surface area (Å²) in [6.45, 7) is 8.83. The maximum absolute atomic E-state index is 13.7. The summed E-state index contributed by atoms with van der Waals surface area (Å²) in [7, 11) is 2.10. The average molecular weight is 369 g/mol. The molecule has 27 heavy (non-hydrogen) atoms. The van der Waals surface area contributed by atoms with Crippen LogP contribution in [0, 0.1) is 17.7 Å². The molecule has 0 aliphatic carbocycles. The highest BCUT2D eigenvalue weighted by Gasteiger charge is 2.47. The summed E-state index contributed by atoms with van der Waals surface area (Å²) in [5.41, 5.74) is 1.73. The van der Waals surface area contributed by atoms with Crippen molar-refractivity contribution >= 4 is 5.91 Å². The van der Waals surface area contributed by atoms with Crippen molar-refractivity contribution in [3.63, 3.8) is 0 Å². The van der Waals surface area contributed by atoms with Crippen molar-refractivity contribution in [1.29, 1.82) is 0 Å². The molecule has 144 valence electrons.